The summed E-state index contributed by atoms with van der Waals surface area (Å²) in [6.45, 7) is 9.67. The Morgan fingerprint density at radius 1 is 1.15 bits per heavy atom. The van der Waals surface area contributed by atoms with Crippen LogP contribution >= 0.6 is 0 Å². The molecule has 110 valence electrons. The van der Waals surface area contributed by atoms with E-state index in [0.717, 1.165) is 50.5 Å². The van der Waals surface area contributed by atoms with Crippen LogP contribution in [0, 0.1) is 5.92 Å². The maximum absolute atomic E-state index is 12.4. The molecule has 0 bridgehead atoms. The lowest BCUT2D eigenvalue weighted by Gasteiger charge is -2.34. The van der Waals surface area contributed by atoms with Crippen molar-refractivity contribution < 1.29 is 4.79 Å². The van der Waals surface area contributed by atoms with Crippen molar-refractivity contribution in [3.05, 3.63) is 35.9 Å². The zero-order chi connectivity index (χ0) is 14.4. The van der Waals surface area contributed by atoms with E-state index in [1.165, 1.54) is 6.54 Å². The molecular formula is C17H26N2O. The third-order valence-corrected chi connectivity index (χ3v) is 4.33. The largest absolute Gasteiger partial charge is 0.339 e. The molecule has 3 heteroatoms. The van der Waals surface area contributed by atoms with E-state index in [1.54, 1.807) is 0 Å². The Morgan fingerprint density at radius 3 is 2.30 bits per heavy atom. The average Bonchev–Trinajstić information content (AvgIpc) is 2.53. The van der Waals surface area contributed by atoms with Gasteiger partial charge in [0.2, 0.25) is 0 Å². The highest BCUT2D eigenvalue weighted by molar-refractivity contribution is 5.94. The van der Waals surface area contributed by atoms with Gasteiger partial charge in [-0.15, -0.1) is 0 Å². The van der Waals surface area contributed by atoms with Crippen molar-refractivity contribution in [1.29, 1.82) is 0 Å². The number of hydrogen-bond donors (Lipinski definition) is 0. The van der Waals surface area contributed by atoms with Gasteiger partial charge in [0, 0.05) is 25.2 Å². The highest BCUT2D eigenvalue weighted by atomic mass is 16.2. The monoisotopic (exact) mass is 274 g/mol. The van der Waals surface area contributed by atoms with Crippen molar-refractivity contribution >= 4 is 5.91 Å². The van der Waals surface area contributed by atoms with E-state index in [4.69, 9.17) is 0 Å². The van der Waals surface area contributed by atoms with Crippen molar-refractivity contribution in [3.8, 4) is 0 Å². The van der Waals surface area contributed by atoms with Crippen molar-refractivity contribution in [1.82, 2.24) is 9.80 Å². The van der Waals surface area contributed by atoms with Crippen LogP contribution in [0.2, 0.25) is 0 Å². The van der Waals surface area contributed by atoms with Gasteiger partial charge in [0.15, 0.2) is 0 Å². The molecule has 0 radical (unpaired) electrons. The molecule has 1 saturated heterocycles. The van der Waals surface area contributed by atoms with Gasteiger partial charge in [-0.2, -0.15) is 0 Å². The molecule has 20 heavy (non-hydrogen) atoms. The van der Waals surface area contributed by atoms with Crippen molar-refractivity contribution in [3.63, 3.8) is 0 Å². The summed E-state index contributed by atoms with van der Waals surface area (Å²) >= 11 is 0. The minimum Gasteiger partial charge on any atom is -0.339 e. The second-order valence-corrected chi connectivity index (χ2v) is 5.59. The maximum atomic E-state index is 12.4. The molecule has 1 heterocycles. The van der Waals surface area contributed by atoms with Gasteiger partial charge in [0.1, 0.15) is 0 Å². The quantitative estimate of drug-likeness (QED) is 0.824. The van der Waals surface area contributed by atoms with E-state index in [1.807, 2.05) is 35.2 Å². The lowest BCUT2D eigenvalue weighted by Crippen LogP contribution is -2.41. The van der Waals surface area contributed by atoms with E-state index in [9.17, 15) is 4.79 Å². The number of rotatable bonds is 5. The first kappa shape index (κ1) is 15.0. The number of nitrogens with zero attached hydrogens (tertiary/aromatic N) is 2. The Bertz CT molecular complexity index is 406. The molecule has 0 unspecified atom stereocenters. The lowest BCUT2D eigenvalue weighted by atomic mass is 9.95. The van der Waals surface area contributed by atoms with Crippen LogP contribution in [0.15, 0.2) is 30.3 Å². The molecule has 0 N–H and O–H groups in total. The Labute approximate surface area is 122 Å². The molecule has 1 aliphatic rings. The van der Waals surface area contributed by atoms with E-state index in [0.29, 0.717) is 0 Å². The fourth-order valence-corrected chi connectivity index (χ4v) is 2.93. The fourth-order valence-electron chi connectivity index (χ4n) is 2.93. The number of piperidine rings is 1. The molecule has 0 aliphatic carbocycles. The van der Waals surface area contributed by atoms with Crippen LogP contribution < -0.4 is 0 Å². The lowest BCUT2D eigenvalue weighted by molar-refractivity contribution is 0.0669. The van der Waals surface area contributed by atoms with Crippen LogP contribution in [0.1, 0.15) is 37.0 Å². The number of amides is 1. The van der Waals surface area contributed by atoms with E-state index < -0.39 is 0 Å². The SMILES string of the molecule is CCN(CC)CC1CCN(C(=O)c2ccccc2)CC1. The maximum Gasteiger partial charge on any atom is 0.253 e. The normalized spacial score (nSPS) is 16.6. The number of hydrogen-bond acceptors (Lipinski definition) is 2. The zero-order valence-electron chi connectivity index (χ0n) is 12.7. The molecule has 0 saturated carbocycles. The molecule has 3 nitrogen and oxygen atoms in total. The number of carbonyl (C=O) groups excluding carboxylic acids is 1. The predicted octanol–water partition coefficient (Wildman–Crippen LogP) is 2.88. The van der Waals surface area contributed by atoms with Gasteiger partial charge in [0.05, 0.1) is 0 Å². The highest BCUT2D eigenvalue weighted by Crippen LogP contribution is 2.20. The summed E-state index contributed by atoms with van der Waals surface area (Å²) in [5.74, 6) is 0.932. The Morgan fingerprint density at radius 2 is 1.75 bits per heavy atom. The van der Waals surface area contributed by atoms with Crippen LogP contribution in [0.5, 0.6) is 0 Å². The minimum atomic E-state index is 0.187. The summed E-state index contributed by atoms with van der Waals surface area (Å²) in [7, 11) is 0. The summed E-state index contributed by atoms with van der Waals surface area (Å²) in [5, 5.41) is 0. The molecule has 0 aromatic heterocycles. The van der Waals surface area contributed by atoms with Crippen LogP contribution in [0.3, 0.4) is 0 Å². The Balaban J connectivity index is 1.84. The summed E-state index contributed by atoms with van der Waals surface area (Å²) in [4.78, 5) is 16.8. The molecule has 1 aliphatic heterocycles. The number of benzene rings is 1. The van der Waals surface area contributed by atoms with Gasteiger partial charge in [-0.05, 0) is 44.0 Å². The molecule has 1 aromatic rings. The number of carbonyl (C=O) groups is 1. The first-order valence-corrected chi connectivity index (χ1v) is 7.81. The van der Waals surface area contributed by atoms with Crippen LogP contribution in [-0.4, -0.2) is 48.4 Å². The van der Waals surface area contributed by atoms with Gasteiger partial charge < -0.3 is 9.80 Å². The van der Waals surface area contributed by atoms with Crippen LogP contribution in [0.4, 0.5) is 0 Å². The molecule has 0 atom stereocenters. The Hall–Kier alpha value is -1.35. The molecule has 1 aromatic carbocycles. The first-order chi connectivity index (χ1) is 9.74. The highest BCUT2D eigenvalue weighted by Gasteiger charge is 2.24. The smallest absolute Gasteiger partial charge is 0.253 e. The second-order valence-electron chi connectivity index (χ2n) is 5.59. The summed E-state index contributed by atoms with van der Waals surface area (Å²) in [5.41, 5.74) is 0.815. The standard InChI is InChI=1S/C17H26N2O/c1-3-18(4-2)14-15-10-12-19(13-11-15)17(20)16-8-6-5-7-9-16/h5-9,15H,3-4,10-14H2,1-2H3. The summed E-state index contributed by atoms with van der Waals surface area (Å²) in [6.07, 6.45) is 2.27. The third kappa shape index (κ3) is 3.83. The predicted molar refractivity (Wildman–Crippen MR) is 82.9 cm³/mol. The van der Waals surface area contributed by atoms with Crippen molar-refractivity contribution in [2.75, 3.05) is 32.7 Å². The van der Waals surface area contributed by atoms with E-state index in [-0.39, 0.29) is 5.91 Å². The van der Waals surface area contributed by atoms with E-state index >= 15 is 0 Å². The number of likely N-dealkylation sites (tertiary alicyclic amines) is 1. The third-order valence-electron chi connectivity index (χ3n) is 4.33. The topological polar surface area (TPSA) is 23.6 Å². The fraction of sp³-hybridized carbons (Fsp3) is 0.588. The molecule has 0 spiro atoms. The van der Waals surface area contributed by atoms with Gasteiger partial charge in [-0.25, -0.2) is 0 Å². The van der Waals surface area contributed by atoms with Gasteiger partial charge in [-0.3, -0.25) is 4.79 Å². The molecule has 2 rings (SSSR count). The summed E-state index contributed by atoms with van der Waals surface area (Å²) in [6, 6.07) is 9.63. The van der Waals surface area contributed by atoms with Gasteiger partial charge in [0.25, 0.3) is 5.91 Å². The summed E-state index contributed by atoms with van der Waals surface area (Å²) < 4.78 is 0. The van der Waals surface area contributed by atoms with E-state index in [2.05, 4.69) is 18.7 Å². The Kier molecular flexibility index (Phi) is 5.60. The van der Waals surface area contributed by atoms with Crippen LogP contribution in [0.25, 0.3) is 0 Å². The van der Waals surface area contributed by atoms with Gasteiger partial charge >= 0.3 is 0 Å². The average molecular weight is 274 g/mol. The first-order valence-electron chi connectivity index (χ1n) is 7.81. The minimum absolute atomic E-state index is 0.187. The van der Waals surface area contributed by atoms with Crippen molar-refractivity contribution in [2.24, 2.45) is 5.92 Å². The molecular weight excluding hydrogens is 248 g/mol. The van der Waals surface area contributed by atoms with Gasteiger partial charge in [-0.1, -0.05) is 32.0 Å². The molecule has 1 amide bonds. The second kappa shape index (κ2) is 7.44. The van der Waals surface area contributed by atoms with Crippen molar-refractivity contribution in [2.45, 2.75) is 26.7 Å². The molecule has 1 fully saturated rings. The van der Waals surface area contributed by atoms with Crippen LogP contribution in [-0.2, 0) is 0 Å². The zero-order valence-corrected chi connectivity index (χ0v) is 12.7.